The summed E-state index contributed by atoms with van der Waals surface area (Å²) in [5, 5.41) is 4.48. The lowest BCUT2D eigenvalue weighted by molar-refractivity contribution is 0.630. The van der Waals surface area contributed by atoms with E-state index in [0.29, 0.717) is 17.1 Å². The minimum absolute atomic E-state index is 0.320. The van der Waals surface area contributed by atoms with Gasteiger partial charge in [-0.1, -0.05) is 34.1 Å². The maximum Gasteiger partial charge on any atom is 0.132 e. The summed E-state index contributed by atoms with van der Waals surface area (Å²) in [5.41, 5.74) is 8.72. The third-order valence-electron chi connectivity index (χ3n) is 3.35. The van der Waals surface area contributed by atoms with Crippen molar-refractivity contribution in [3.8, 4) is 16.9 Å². The zero-order chi connectivity index (χ0) is 15.0. The fraction of sp³-hybridized carbons (Fsp3) is 0.0625. The summed E-state index contributed by atoms with van der Waals surface area (Å²) < 4.78 is 16.5. The van der Waals surface area contributed by atoms with Crippen LogP contribution >= 0.6 is 15.9 Å². The van der Waals surface area contributed by atoms with Gasteiger partial charge in [-0.15, -0.1) is 0 Å². The molecule has 0 aliphatic carbocycles. The van der Waals surface area contributed by atoms with Gasteiger partial charge >= 0.3 is 0 Å². The molecule has 0 aliphatic heterocycles. The van der Waals surface area contributed by atoms with Crippen LogP contribution in [-0.2, 0) is 0 Å². The first kappa shape index (κ1) is 13.8. The Kier molecular flexibility index (Phi) is 3.51. The maximum absolute atomic E-state index is 14.1. The first-order valence-corrected chi connectivity index (χ1v) is 7.23. The van der Waals surface area contributed by atoms with E-state index < -0.39 is 0 Å². The van der Waals surface area contributed by atoms with Crippen LogP contribution in [0.4, 0.5) is 10.2 Å². The van der Waals surface area contributed by atoms with Gasteiger partial charge in [0, 0.05) is 15.6 Å². The highest BCUT2D eigenvalue weighted by Crippen LogP contribution is 2.31. The lowest BCUT2D eigenvalue weighted by Gasteiger charge is -2.03. The van der Waals surface area contributed by atoms with Gasteiger partial charge in [0.1, 0.15) is 17.3 Å². The molecule has 3 aromatic rings. The number of rotatable bonds is 2. The Labute approximate surface area is 130 Å². The molecule has 21 heavy (non-hydrogen) atoms. The van der Waals surface area contributed by atoms with Gasteiger partial charge in [0.15, 0.2) is 0 Å². The van der Waals surface area contributed by atoms with Gasteiger partial charge in [-0.05, 0) is 37.3 Å². The van der Waals surface area contributed by atoms with Crippen molar-refractivity contribution in [1.29, 1.82) is 0 Å². The molecule has 3 nitrogen and oxygen atoms in total. The van der Waals surface area contributed by atoms with E-state index >= 15 is 0 Å². The quantitative estimate of drug-likeness (QED) is 0.751. The zero-order valence-electron chi connectivity index (χ0n) is 11.3. The van der Waals surface area contributed by atoms with Crippen LogP contribution < -0.4 is 5.73 Å². The molecule has 0 bridgehead atoms. The van der Waals surface area contributed by atoms with E-state index in [2.05, 4.69) is 21.0 Å². The highest BCUT2D eigenvalue weighted by Gasteiger charge is 2.17. The smallest absolute Gasteiger partial charge is 0.132 e. The Morgan fingerprint density at radius 1 is 1.14 bits per heavy atom. The van der Waals surface area contributed by atoms with E-state index in [0.717, 1.165) is 15.7 Å². The number of aromatic nitrogens is 2. The standard InChI is InChI=1S/C16H13BrFN3/c1-10-15(13-9-11(17)7-8-14(13)18)20-21(16(10)19)12-5-3-2-4-6-12/h2-9H,19H2,1H3. The van der Waals surface area contributed by atoms with Crippen molar-refractivity contribution in [2.45, 2.75) is 6.92 Å². The summed E-state index contributed by atoms with van der Waals surface area (Å²) in [7, 11) is 0. The van der Waals surface area contributed by atoms with E-state index in [9.17, 15) is 4.39 Å². The summed E-state index contributed by atoms with van der Waals surface area (Å²) in [6.07, 6.45) is 0. The van der Waals surface area contributed by atoms with Crippen LogP contribution in [0.25, 0.3) is 16.9 Å². The number of nitrogens with zero attached hydrogens (tertiary/aromatic N) is 2. The monoisotopic (exact) mass is 345 g/mol. The van der Waals surface area contributed by atoms with E-state index in [1.54, 1.807) is 16.8 Å². The molecule has 106 valence electrons. The van der Waals surface area contributed by atoms with Gasteiger partial charge in [-0.3, -0.25) is 0 Å². The van der Waals surface area contributed by atoms with Crippen molar-refractivity contribution in [2.75, 3.05) is 5.73 Å². The van der Waals surface area contributed by atoms with Crippen molar-refractivity contribution in [1.82, 2.24) is 9.78 Å². The number of para-hydroxylation sites is 1. The normalized spacial score (nSPS) is 10.8. The van der Waals surface area contributed by atoms with Crippen LogP contribution in [0.1, 0.15) is 5.56 Å². The second kappa shape index (κ2) is 5.33. The van der Waals surface area contributed by atoms with Crippen LogP contribution in [0, 0.1) is 12.7 Å². The summed E-state index contributed by atoms with van der Waals surface area (Å²) in [5.74, 6) is 0.189. The van der Waals surface area contributed by atoms with Crippen LogP contribution in [0.2, 0.25) is 0 Å². The molecule has 0 aliphatic rings. The second-order valence-corrected chi connectivity index (χ2v) is 5.65. The number of nitrogens with two attached hydrogens (primary N) is 1. The molecule has 2 N–H and O–H groups in total. The first-order valence-electron chi connectivity index (χ1n) is 6.44. The molecule has 0 atom stereocenters. The van der Waals surface area contributed by atoms with Gasteiger partial charge in [-0.25, -0.2) is 9.07 Å². The van der Waals surface area contributed by atoms with Gasteiger partial charge in [0.2, 0.25) is 0 Å². The lowest BCUT2D eigenvalue weighted by atomic mass is 10.1. The summed E-state index contributed by atoms with van der Waals surface area (Å²) in [6.45, 7) is 1.84. The third-order valence-corrected chi connectivity index (χ3v) is 3.85. The molecule has 0 unspecified atom stereocenters. The van der Waals surface area contributed by atoms with Crippen LogP contribution in [-0.4, -0.2) is 9.78 Å². The highest BCUT2D eigenvalue weighted by molar-refractivity contribution is 9.10. The lowest BCUT2D eigenvalue weighted by Crippen LogP contribution is -2.01. The Bertz CT molecular complexity index is 797. The van der Waals surface area contributed by atoms with Gasteiger partial charge in [-0.2, -0.15) is 5.10 Å². The number of halogens is 2. The summed E-state index contributed by atoms with van der Waals surface area (Å²) in [4.78, 5) is 0. The average molecular weight is 346 g/mol. The SMILES string of the molecule is Cc1c(-c2cc(Br)ccc2F)nn(-c2ccccc2)c1N. The second-order valence-electron chi connectivity index (χ2n) is 4.73. The van der Waals surface area contributed by atoms with E-state index in [1.807, 2.05) is 37.3 Å². The molecule has 3 rings (SSSR count). The Morgan fingerprint density at radius 3 is 2.57 bits per heavy atom. The van der Waals surface area contributed by atoms with Crippen molar-refractivity contribution < 1.29 is 4.39 Å². The van der Waals surface area contributed by atoms with Crippen LogP contribution in [0.5, 0.6) is 0 Å². The molecular weight excluding hydrogens is 333 g/mol. The molecule has 5 heteroatoms. The maximum atomic E-state index is 14.1. The molecule has 0 fully saturated rings. The molecule has 0 amide bonds. The number of hydrogen-bond acceptors (Lipinski definition) is 2. The number of anilines is 1. The molecule has 1 aromatic heterocycles. The Balaban J connectivity index is 2.20. The molecule has 0 saturated carbocycles. The summed E-state index contributed by atoms with van der Waals surface area (Å²) >= 11 is 3.36. The van der Waals surface area contributed by atoms with Gasteiger partial charge < -0.3 is 5.73 Å². The molecule has 0 radical (unpaired) electrons. The van der Waals surface area contributed by atoms with Crippen molar-refractivity contribution in [3.05, 3.63) is 64.4 Å². The van der Waals surface area contributed by atoms with E-state index in [4.69, 9.17) is 5.73 Å². The number of benzene rings is 2. The van der Waals surface area contributed by atoms with Crippen LogP contribution in [0.15, 0.2) is 53.0 Å². The van der Waals surface area contributed by atoms with Gasteiger partial charge in [0.25, 0.3) is 0 Å². The average Bonchev–Trinajstić information content (AvgIpc) is 2.79. The zero-order valence-corrected chi connectivity index (χ0v) is 12.9. The Hall–Kier alpha value is -2.14. The first-order chi connectivity index (χ1) is 10.1. The predicted octanol–water partition coefficient (Wildman–Crippen LogP) is 4.33. The fourth-order valence-electron chi connectivity index (χ4n) is 2.21. The van der Waals surface area contributed by atoms with E-state index in [-0.39, 0.29) is 5.82 Å². The molecule has 0 saturated heterocycles. The minimum atomic E-state index is -0.320. The fourth-order valence-corrected chi connectivity index (χ4v) is 2.57. The molecule has 1 heterocycles. The largest absolute Gasteiger partial charge is 0.383 e. The minimum Gasteiger partial charge on any atom is -0.383 e. The highest BCUT2D eigenvalue weighted by atomic mass is 79.9. The molecular formula is C16H13BrFN3. The van der Waals surface area contributed by atoms with Crippen molar-refractivity contribution in [3.63, 3.8) is 0 Å². The molecule has 0 spiro atoms. The van der Waals surface area contributed by atoms with Crippen molar-refractivity contribution in [2.24, 2.45) is 0 Å². The number of nitrogen functional groups attached to an aromatic ring is 1. The van der Waals surface area contributed by atoms with Crippen molar-refractivity contribution >= 4 is 21.7 Å². The Morgan fingerprint density at radius 2 is 1.86 bits per heavy atom. The summed E-state index contributed by atoms with van der Waals surface area (Å²) in [6, 6.07) is 14.3. The van der Waals surface area contributed by atoms with E-state index in [1.165, 1.54) is 6.07 Å². The topological polar surface area (TPSA) is 43.8 Å². The molecule has 2 aromatic carbocycles. The van der Waals surface area contributed by atoms with Gasteiger partial charge in [0.05, 0.1) is 5.69 Å². The third kappa shape index (κ3) is 2.45. The van der Waals surface area contributed by atoms with Crippen LogP contribution in [0.3, 0.4) is 0 Å². The predicted molar refractivity (Wildman–Crippen MR) is 85.8 cm³/mol. The number of hydrogen-bond donors (Lipinski definition) is 1.